The number of nitrogens with one attached hydrogen (secondary N) is 2. The summed E-state index contributed by atoms with van der Waals surface area (Å²) >= 11 is 1.05. The Balaban J connectivity index is 1.60. The third-order valence-corrected chi connectivity index (χ3v) is 6.01. The number of rotatable bonds is 11. The number of fused-ring (bicyclic) bond motifs is 1. The van der Waals surface area contributed by atoms with Crippen LogP contribution in [0.25, 0.3) is 0 Å². The van der Waals surface area contributed by atoms with Gasteiger partial charge in [0.25, 0.3) is 0 Å². The first-order valence-corrected chi connectivity index (χ1v) is 12.2. The van der Waals surface area contributed by atoms with E-state index in [4.69, 9.17) is 13.9 Å². The predicted molar refractivity (Wildman–Crippen MR) is 131 cm³/mol. The SMILES string of the molecule is CSONOc1cc(C(O)CNC(C)(C)CCN2C(=O)OC(C)(C)c3ccccc32)ccc1O. The number of anilines is 1. The topological polar surface area (TPSA) is 113 Å². The van der Waals surface area contributed by atoms with Gasteiger partial charge in [-0.15, -0.1) is 0 Å². The largest absolute Gasteiger partial charge is 0.504 e. The van der Waals surface area contributed by atoms with E-state index in [2.05, 4.69) is 11.0 Å². The van der Waals surface area contributed by atoms with E-state index >= 15 is 0 Å². The first-order valence-electron chi connectivity index (χ1n) is 11.0. The molecule has 3 rings (SSSR count). The smallest absolute Gasteiger partial charge is 0.415 e. The fourth-order valence-electron chi connectivity index (χ4n) is 3.74. The van der Waals surface area contributed by atoms with E-state index in [1.165, 1.54) is 12.1 Å². The van der Waals surface area contributed by atoms with Crippen LogP contribution in [0.15, 0.2) is 42.5 Å². The van der Waals surface area contributed by atoms with Gasteiger partial charge in [-0.3, -0.25) is 4.90 Å². The third kappa shape index (κ3) is 6.34. The molecule has 0 saturated carbocycles. The summed E-state index contributed by atoms with van der Waals surface area (Å²) in [6.45, 7) is 8.53. The molecule has 34 heavy (non-hydrogen) atoms. The number of β-amino-alcohol motifs (C(OH)–C–C–N with tert-alkyl or cyclic N) is 1. The number of benzene rings is 2. The summed E-state index contributed by atoms with van der Waals surface area (Å²) in [7, 11) is 0. The number of hydrogen-bond acceptors (Lipinski definition) is 9. The van der Waals surface area contributed by atoms with Gasteiger partial charge in [-0.05, 0) is 63.5 Å². The first-order chi connectivity index (χ1) is 16.0. The lowest BCUT2D eigenvalue weighted by Gasteiger charge is -2.39. The van der Waals surface area contributed by atoms with Crippen LogP contribution in [-0.2, 0) is 14.6 Å². The zero-order chi connectivity index (χ0) is 24.9. The number of cyclic esters (lactones) is 1. The number of aliphatic hydroxyl groups excluding tert-OH is 1. The van der Waals surface area contributed by atoms with Crippen LogP contribution in [0.4, 0.5) is 10.5 Å². The Kier molecular flexibility index (Phi) is 8.32. The summed E-state index contributed by atoms with van der Waals surface area (Å²) in [6.07, 6.45) is 1.13. The zero-order valence-electron chi connectivity index (χ0n) is 20.1. The van der Waals surface area contributed by atoms with Gasteiger partial charge in [0.15, 0.2) is 11.5 Å². The standard InChI is InChI=1S/C24H33N3O6S/c1-23(2,12-13-27-18-9-7-6-8-17(18)24(3,4)31-22(27)30)25-15-20(29)16-10-11-19(28)21(14-16)32-26-33-34-5/h6-11,14,20,25-26,28-29H,12-13,15H2,1-5H3. The molecule has 186 valence electrons. The number of phenolic OH excluding ortho intramolecular Hbond substituents is 1. The molecule has 1 unspecified atom stereocenters. The highest BCUT2D eigenvalue weighted by Crippen LogP contribution is 2.38. The normalized spacial score (nSPS) is 16.1. The van der Waals surface area contributed by atoms with Crippen molar-refractivity contribution in [3.05, 3.63) is 53.6 Å². The van der Waals surface area contributed by atoms with E-state index in [1.54, 1.807) is 17.2 Å². The van der Waals surface area contributed by atoms with Crippen LogP contribution in [0.3, 0.4) is 0 Å². The summed E-state index contributed by atoms with van der Waals surface area (Å²) < 4.78 is 10.5. The monoisotopic (exact) mass is 491 g/mol. The molecule has 1 atom stereocenters. The second kappa shape index (κ2) is 10.8. The van der Waals surface area contributed by atoms with Crippen molar-refractivity contribution >= 4 is 23.8 Å². The van der Waals surface area contributed by atoms with Crippen LogP contribution >= 0.6 is 12.0 Å². The first kappa shape index (κ1) is 26.1. The maximum atomic E-state index is 12.7. The third-order valence-electron chi connectivity index (χ3n) is 5.78. The van der Waals surface area contributed by atoms with E-state index in [0.29, 0.717) is 18.5 Å². The van der Waals surface area contributed by atoms with Crippen LogP contribution < -0.4 is 20.7 Å². The van der Waals surface area contributed by atoms with E-state index in [0.717, 1.165) is 23.3 Å². The molecule has 0 radical (unpaired) electrons. The molecule has 1 amide bonds. The molecule has 2 aromatic carbocycles. The lowest BCUT2D eigenvalue weighted by Crippen LogP contribution is -2.48. The van der Waals surface area contributed by atoms with Crippen LogP contribution in [0.1, 0.15) is 51.3 Å². The van der Waals surface area contributed by atoms with E-state index in [1.807, 2.05) is 52.0 Å². The Labute approximate surface area is 204 Å². The maximum Gasteiger partial charge on any atom is 0.415 e. The minimum atomic E-state index is -0.842. The van der Waals surface area contributed by atoms with Crippen molar-refractivity contribution in [1.82, 2.24) is 11.0 Å². The van der Waals surface area contributed by atoms with Crippen LogP contribution in [-0.4, -0.2) is 41.2 Å². The predicted octanol–water partition coefficient (Wildman–Crippen LogP) is 4.17. The van der Waals surface area contributed by atoms with Gasteiger partial charge in [0.2, 0.25) is 0 Å². The number of ether oxygens (including phenoxy) is 1. The fraction of sp³-hybridized carbons (Fsp3) is 0.458. The number of hydrogen-bond donors (Lipinski definition) is 4. The highest BCUT2D eigenvalue weighted by Gasteiger charge is 2.38. The Morgan fingerprint density at radius 1 is 1.24 bits per heavy atom. The molecule has 1 aliphatic heterocycles. The summed E-state index contributed by atoms with van der Waals surface area (Å²) in [4.78, 5) is 19.5. The lowest BCUT2D eigenvalue weighted by atomic mass is 9.93. The summed E-state index contributed by atoms with van der Waals surface area (Å²) in [5.74, 6) is 0.0494. The molecule has 1 aliphatic rings. The second-order valence-corrected chi connectivity index (χ2v) is 9.74. The van der Waals surface area contributed by atoms with E-state index < -0.39 is 11.7 Å². The Morgan fingerprint density at radius 2 is 1.97 bits per heavy atom. The highest BCUT2D eigenvalue weighted by atomic mass is 32.2. The number of carbonyl (C=O) groups excluding carboxylic acids is 1. The van der Waals surface area contributed by atoms with Gasteiger partial charge in [-0.1, -0.05) is 24.3 Å². The van der Waals surface area contributed by atoms with Crippen molar-refractivity contribution in [2.24, 2.45) is 0 Å². The molecule has 0 saturated heterocycles. The summed E-state index contributed by atoms with van der Waals surface area (Å²) in [5.41, 5.74) is 3.58. The average molecular weight is 492 g/mol. The molecule has 4 N–H and O–H groups in total. The molecule has 0 bridgehead atoms. The minimum Gasteiger partial charge on any atom is -0.504 e. The van der Waals surface area contributed by atoms with Crippen molar-refractivity contribution in [2.75, 3.05) is 24.2 Å². The van der Waals surface area contributed by atoms with Crippen LogP contribution in [0.5, 0.6) is 11.5 Å². The number of amides is 1. The molecular weight excluding hydrogens is 458 g/mol. The van der Waals surface area contributed by atoms with Gasteiger partial charge in [0, 0.05) is 42.5 Å². The number of phenols is 1. The Bertz CT molecular complexity index is 1000. The van der Waals surface area contributed by atoms with Gasteiger partial charge in [-0.25, -0.2) is 4.79 Å². The fourth-order valence-corrected chi connectivity index (χ4v) is 3.84. The number of aliphatic hydroxyl groups is 1. The van der Waals surface area contributed by atoms with Crippen molar-refractivity contribution in [2.45, 2.75) is 51.4 Å². The number of nitrogens with zero attached hydrogens (tertiary/aromatic N) is 1. The molecule has 0 spiro atoms. The number of aromatic hydroxyl groups is 1. The molecule has 0 aromatic heterocycles. The van der Waals surface area contributed by atoms with Gasteiger partial charge in [0.05, 0.1) is 11.8 Å². The van der Waals surface area contributed by atoms with Crippen molar-refractivity contribution < 1.29 is 28.9 Å². The van der Waals surface area contributed by atoms with Gasteiger partial charge in [-0.2, -0.15) is 4.28 Å². The number of carbonyl (C=O) groups is 1. The Morgan fingerprint density at radius 3 is 2.71 bits per heavy atom. The second-order valence-electron chi connectivity index (χ2n) is 9.24. The van der Waals surface area contributed by atoms with E-state index in [9.17, 15) is 15.0 Å². The summed E-state index contributed by atoms with van der Waals surface area (Å²) in [6, 6.07) is 12.4. The summed E-state index contributed by atoms with van der Waals surface area (Å²) in [5, 5.41) is 24.0. The lowest BCUT2D eigenvalue weighted by molar-refractivity contribution is -0.00335. The number of para-hydroxylation sites is 1. The van der Waals surface area contributed by atoms with Crippen LogP contribution in [0, 0.1) is 0 Å². The van der Waals surface area contributed by atoms with E-state index in [-0.39, 0.29) is 29.7 Å². The molecule has 0 aliphatic carbocycles. The zero-order valence-corrected chi connectivity index (χ0v) is 20.9. The molecule has 10 heteroatoms. The molecule has 0 fully saturated rings. The maximum absolute atomic E-state index is 12.7. The molecule has 9 nitrogen and oxygen atoms in total. The highest BCUT2D eigenvalue weighted by molar-refractivity contribution is 7.93. The molecule has 2 aromatic rings. The minimum absolute atomic E-state index is 0.0849. The van der Waals surface area contributed by atoms with Gasteiger partial charge < -0.3 is 25.1 Å². The van der Waals surface area contributed by atoms with Gasteiger partial charge in [0.1, 0.15) is 5.60 Å². The van der Waals surface area contributed by atoms with Crippen molar-refractivity contribution in [3.8, 4) is 11.5 Å². The van der Waals surface area contributed by atoms with Gasteiger partial charge >= 0.3 is 6.09 Å². The molecule has 1 heterocycles. The van der Waals surface area contributed by atoms with Crippen molar-refractivity contribution in [3.63, 3.8) is 0 Å². The average Bonchev–Trinajstić information content (AvgIpc) is 2.78. The molecular formula is C24H33N3O6S. The van der Waals surface area contributed by atoms with Crippen molar-refractivity contribution in [1.29, 1.82) is 0 Å². The Hall–Kier alpha value is -2.50. The quantitative estimate of drug-likeness (QED) is 0.209. The van der Waals surface area contributed by atoms with Crippen LogP contribution in [0.2, 0.25) is 0 Å².